The third-order valence-electron chi connectivity index (χ3n) is 4.38. The number of fused-ring (bicyclic) bond motifs is 1. The lowest BCUT2D eigenvalue weighted by Crippen LogP contribution is -2.42. The summed E-state index contributed by atoms with van der Waals surface area (Å²) in [7, 11) is 0. The molecule has 1 aromatic carbocycles. The SMILES string of the molecule is CCC(C)(C)C1c2ccccc2C(OO)OC1OCC(F)(F)F. The minimum absolute atomic E-state index is 0.368. The van der Waals surface area contributed by atoms with E-state index in [1.807, 2.05) is 20.8 Å². The Labute approximate surface area is 133 Å². The van der Waals surface area contributed by atoms with Crippen molar-refractivity contribution in [3.8, 4) is 0 Å². The Bertz CT molecular complexity index is 530. The molecular formula is C16H21F3O4. The van der Waals surface area contributed by atoms with Gasteiger partial charge >= 0.3 is 6.18 Å². The summed E-state index contributed by atoms with van der Waals surface area (Å²) in [4.78, 5) is 4.29. The van der Waals surface area contributed by atoms with Crippen LogP contribution in [0, 0.1) is 5.41 Å². The van der Waals surface area contributed by atoms with Gasteiger partial charge in [-0.1, -0.05) is 51.5 Å². The van der Waals surface area contributed by atoms with Gasteiger partial charge in [0.1, 0.15) is 6.61 Å². The molecule has 23 heavy (non-hydrogen) atoms. The number of benzene rings is 1. The van der Waals surface area contributed by atoms with Crippen LogP contribution in [-0.2, 0) is 14.4 Å². The Morgan fingerprint density at radius 1 is 1.17 bits per heavy atom. The molecule has 4 nitrogen and oxygen atoms in total. The van der Waals surface area contributed by atoms with Crippen molar-refractivity contribution in [2.45, 2.75) is 51.9 Å². The molecule has 3 unspecified atom stereocenters. The fourth-order valence-corrected chi connectivity index (χ4v) is 2.83. The Morgan fingerprint density at radius 2 is 1.78 bits per heavy atom. The molecule has 1 aliphatic rings. The first-order valence-electron chi connectivity index (χ1n) is 7.42. The topological polar surface area (TPSA) is 47.9 Å². The zero-order valence-corrected chi connectivity index (χ0v) is 13.3. The van der Waals surface area contributed by atoms with E-state index in [1.165, 1.54) is 0 Å². The maximum Gasteiger partial charge on any atom is 0.411 e. The molecule has 3 atom stereocenters. The number of ether oxygens (including phenoxy) is 2. The quantitative estimate of drug-likeness (QED) is 0.630. The van der Waals surface area contributed by atoms with E-state index in [9.17, 15) is 13.2 Å². The van der Waals surface area contributed by atoms with Gasteiger partial charge in [0.25, 0.3) is 0 Å². The molecule has 0 bridgehead atoms. The van der Waals surface area contributed by atoms with Crippen molar-refractivity contribution < 1.29 is 32.8 Å². The second-order valence-electron chi connectivity index (χ2n) is 6.32. The van der Waals surface area contributed by atoms with Gasteiger partial charge in [-0.3, -0.25) is 0 Å². The lowest BCUT2D eigenvalue weighted by molar-refractivity contribution is -0.393. The van der Waals surface area contributed by atoms with E-state index < -0.39 is 31.3 Å². The molecule has 0 amide bonds. The number of hydrogen-bond donors (Lipinski definition) is 1. The van der Waals surface area contributed by atoms with Crippen molar-refractivity contribution in [2.24, 2.45) is 5.41 Å². The highest BCUT2D eigenvalue weighted by atomic mass is 19.4. The Morgan fingerprint density at radius 3 is 2.30 bits per heavy atom. The van der Waals surface area contributed by atoms with Crippen molar-refractivity contribution in [1.82, 2.24) is 0 Å². The average molecular weight is 334 g/mol. The predicted molar refractivity (Wildman–Crippen MR) is 76.6 cm³/mol. The summed E-state index contributed by atoms with van der Waals surface area (Å²) < 4.78 is 48.1. The van der Waals surface area contributed by atoms with E-state index in [2.05, 4.69) is 4.89 Å². The molecule has 7 heteroatoms. The lowest BCUT2D eigenvalue weighted by Gasteiger charge is -2.44. The number of hydrogen-bond acceptors (Lipinski definition) is 4. The monoisotopic (exact) mass is 334 g/mol. The smallest absolute Gasteiger partial charge is 0.342 e. The maximum absolute atomic E-state index is 12.5. The van der Waals surface area contributed by atoms with Crippen LogP contribution in [0.2, 0.25) is 0 Å². The molecule has 0 aromatic heterocycles. The third-order valence-corrected chi connectivity index (χ3v) is 4.38. The Balaban J connectivity index is 2.40. The van der Waals surface area contributed by atoms with Crippen LogP contribution in [0.4, 0.5) is 13.2 Å². The number of rotatable bonds is 5. The molecule has 0 saturated carbocycles. The summed E-state index contributed by atoms with van der Waals surface area (Å²) in [6.45, 7) is 4.43. The molecule has 1 heterocycles. The van der Waals surface area contributed by atoms with E-state index in [4.69, 9.17) is 14.7 Å². The lowest BCUT2D eigenvalue weighted by atomic mass is 9.70. The Kier molecular flexibility index (Phi) is 5.35. The van der Waals surface area contributed by atoms with Crippen LogP contribution in [0.3, 0.4) is 0 Å². The zero-order chi connectivity index (χ0) is 17.3. The summed E-state index contributed by atoms with van der Waals surface area (Å²) in [5.74, 6) is -0.419. The molecule has 1 aromatic rings. The van der Waals surface area contributed by atoms with Gasteiger partial charge in [0.2, 0.25) is 6.29 Å². The van der Waals surface area contributed by atoms with Crippen LogP contribution in [-0.4, -0.2) is 24.3 Å². The van der Waals surface area contributed by atoms with Gasteiger partial charge in [-0.25, -0.2) is 10.1 Å². The molecule has 0 spiro atoms. The molecule has 130 valence electrons. The largest absolute Gasteiger partial charge is 0.411 e. The highest BCUT2D eigenvalue weighted by Crippen LogP contribution is 2.49. The van der Waals surface area contributed by atoms with E-state index in [1.54, 1.807) is 24.3 Å². The second kappa shape index (κ2) is 6.76. The highest BCUT2D eigenvalue weighted by Gasteiger charge is 2.45. The zero-order valence-electron chi connectivity index (χ0n) is 13.3. The molecular weight excluding hydrogens is 313 g/mol. The van der Waals surface area contributed by atoms with Crippen molar-refractivity contribution in [3.05, 3.63) is 35.4 Å². The van der Waals surface area contributed by atoms with Crippen LogP contribution in [0.5, 0.6) is 0 Å². The summed E-state index contributed by atoms with van der Waals surface area (Å²) >= 11 is 0. The summed E-state index contributed by atoms with van der Waals surface area (Å²) in [5, 5.41) is 9.03. The second-order valence-corrected chi connectivity index (χ2v) is 6.32. The number of alkyl halides is 3. The van der Waals surface area contributed by atoms with Crippen molar-refractivity contribution in [3.63, 3.8) is 0 Å². The minimum Gasteiger partial charge on any atom is -0.342 e. The van der Waals surface area contributed by atoms with Crippen LogP contribution in [0.15, 0.2) is 24.3 Å². The van der Waals surface area contributed by atoms with Crippen LogP contribution < -0.4 is 0 Å². The minimum atomic E-state index is -4.46. The molecule has 2 rings (SSSR count). The fourth-order valence-electron chi connectivity index (χ4n) is 2.83. The van der Waals surface area contributed by atoms with Crippen molar-refractivity contribution in [2.75, 3.05) is 6.61 Å². The van der Waals surface area contributed by atoms with Gasteiger partial charge in [-0.05, 0) is 11.0 Å². The van der Waals surface area contributed by atoms with Crippen LogP contribution in [0.25, 0.3) is 0 Å². The molecule has 0 aliphatic carbocycles. The average Bonchev–Trinajstić information content (AvgIpc) is 2.50. The predicted octanol–water partition coefficient (Wildman–Crippen LogP) is 4.63. The fraction of sp³-hybridized carbons (Fsp3) is 0.625. The highest BCUT2D eigenvalue weighted by molar-refractivity contribution is 5.35. The van der Waals surface area contributed by atoms with Crippen LogP contribution in [0.1, 0.15) is 50.5 Å². The normalized spacial score (nSPS) is 25.3. The van der Waals surface area contributed by atoms with E-state index in [0.717, 1.165) is 5.56 Å². The molecule has 0 radical (unpaired) electrons. The van der Waals surface area contributed by atoms with Gasteiger partial charge in [-0.2, -0.15) is 13.2 Å². The van der Waals surface area contributed by atoms with Gasteiger partial charge in [-0.15, -0.1) is 0 Å². The molecule has 1 aliphatic heterocycles. The van der Waals surface area contributed by atoms with Crippen molar-refractivity contribution in [1.29, 1.82) is 0 Å². The maximum atomic E-state index is 12.5. The summed E-state index contributed by atoms with van der Waals surface area (Å²) in [6, 6.07) is 7.06. The van der Waals surface area contributed by atoms with E-state index >= 15 is 0 Å². The molecule has 0 saturated heterocycles. The molecule has 0 fully saturated rings. The third kappa shape index (κ3) is 4.03. The first kappa shape index (κ1) is 18.2. The van der Waals surface area contributed by atoms with E-state index in [-0.39, 0.29) is 5.41 Å². The van der Waals surface area contributed by atoms with Gasteiger partial charge in [0.15, 0.2) is 6.29 Å². The van der Waals surface area contributed by atoms with E-state index in [0.29, 0.717) is 12.0 Å². The first-order valence-corrected chi connectivity index (χ1v) is 7.42. The number of halogens is 3. The first-order chi connectivity index (χ1) is 10.7. The summed E-state index contributed by atoms with van der Waals surface area (Å²) in [6.07, 6.45) is -6.09. The van der Waals surface area contributed by atoms with Gasteiger partial charge in [0, 0.05) is 11.5 Å². The molecule has 1 N–H and O–H groups in total. The van der Waals surface area contributed by atoms with Gasteiger partial charge in [0.05, 0.1) is 0 Å². The summed E-state index contributed by atoms with van der Waals surface area (Å²) in [5.41, 5.74) is 0.984. The standard InChI is InChI=1S/C16H21F3O4/c1-4-15(2,3)12-10-7-5-6-8-11(10)13(23-20)22-14(12)21-9-16(17,18)19/h5-8,12-14,20H,4,9H2,1-3H3. The van der Waals surface area contributed by atoms with Crippen molar-refractivity contribution >= 4 is 0 Å². The van der Waals surface area contributed by atoms with Crippen LogP contribution >= 0.6 is 0 Å². The Hall–Kier alpha value is -1.15. The van der Waals surface area contributed by atoms with Gasteiger partial charge < -0.3 is 9.47 Å².